The molecule has 3 rings (SSSR count). The number of nitrogens with zero attached hydrogens (tertiary/aromatic N) is 5. The zero-order valence-corrected chi connectivity index (χ0v) is 11.5. The minimum Gasteiger partial charge on any atom is -0.328 e. The van der Waals surface area contributed by atoms with Gasteiger partial charge in [-0.15, -0.1) is 0 Å². The molecule has 0 spiro atoms. The van der Waals surface area contributed by atoms with Gasteiger partial charge in [-0.2, -0.15) is 10.2 Å². The third kappa shape index (κ3) is 2.36. The Labute approximate surface area is 116 Å². The first kappa shape index (κ1) is 12.6. The number of nitrogens with one attached hydrogen (secondary N) is 2. The monoisotopic (exact) mass is 275 g/mol. The smallest absolute Gasteiger partial charge is 0.320 e. The quantitative estimate of drug-likeness (QED) is 0.854. The highest BCUT2D eigenvalue weighted by molar-refractivity contribution is 5.88. The summed E-state index contributed by atoms with van der Waals surface area (Å²) in [6.45, 7) is 2.74. The number of urea groups is 1. The summed E-state index contributed by atoms with van der Waals surface area (Å²) in [6, 6.07) is 1.47. The Morgan fingerprint density at radius 2 is 2.35 bits per heavy atom. The average molecular weight is 275 g/mol. The van der Waals surface area contributed by atoms with Crippen molar-refractivity contribution in [3.63, 3.8) is 0 Å². The van der Waals surface area contributed by atoms with E-state index in [9.17, 15) is 4.79 Å². The summed E-state index contributed by atoms with van der Waals surface area (Å²) in [4.78, 5) is 16.3. The van der Waals surface area contributed by atoms with Crippen LogP contribution in [0.25, 0.3) is 0 Å². The van der Waals surface area contributed by atoms with Crippen molar-refractivity contribution in [2.75, 3.05) is 5.32 Å². The van der Waals surface area contributed by atoms with Crippen molar-refractivity contribution in [2.45, 2.75) is 32.4 Å². The van der Waals surface area contributed by atoms with Crippen molar-refractivity contribution >= 4 is 11.8 Å². The number of anilines is 1. The van der Waals surface area contributed by atoms with Crippen LogP contribution in [0.3, 0.4) is 0 Å². The number of fused-ring (bicyclic) bond motifs is 1. The van der Waals surface area contributed by atoms with Gasteiger partial charge >= 0.3 is 6.03 Å². The Balaban J connectivity index is 1.67. The lowest BCUT2D eigenvalue weighted by atomic mass is 10.1. The van der Waals surface area contributed by atoms with Crippen LogP contribution in [-0.4, -0.2) is 30.6 Å². The number of carbonyl (C=O) groups is 1. The van der Waals surface area contributed by atoms with Crippen molar-refractivity contribution < 1.29 is 4.79 Å². The molecule has 0 unspecified atom stereocenters. The summed E-state index contributed by atoms with van der Waals surface area (Å²) in [5.74, 6) is 1.48. The van der Waals surface area contributed by atoms with Gasteiger partial charge in [-0.1, -0.05) is 0 Å². The fraction of sp³-hybridized carbons (Fsp3) is 0.500. The van der Waals surface area contributed by atoms with Gasteiger partial charge in [0.1, 0.15) is 18.0 Å². The third-order valence-electron chi connectivity index (χ3n) is 3.37. The van der Waals surface area contributed by atoms with E-state index >= 15 is 0 Å². The van der Waals surface area contributed by atoms with Gasteiger partial charge in [0.2, 0.25) is 0 Å². The second-order valence-electron chi connectivity index (χ2n) is 4.93. The molecule has 1 aliphatic heterocycles. The molecule has 1 aliphatic rings. The van der Waals surface area contributed by atoms with Crippen LogP contribution in [-0.2, 0) is 13.6 Å². The van der Waals surface area contributed by atoms with Gasteiger partial charge in [0.05, 0.1) is 11.7 Å². The van der Waals surface area contributed by atoms with Crippen LogP contribution in [0.4, 0.5) is 10.6 Å². The molecule has 0 radical (unpaired) electrons. The maximum absolute atomic E-state index is 12.1. The third-order valence-corrected chi connectivity index (χ3v) is 3.37. The van der Waals surface area contributed by atoms with Gasteiger partial charge in [0.25, 0.3) is 0 Å². The lowest BCUT2D eigenvalue weighted by Gasteiger charge is -2.23. The Morgan fingerprint density at radius 1 is 1.50 bits per heavy atom. The topological polar surface area (TPSA) is 89.7 Å². The predicted molar refractivity (Wildman–Crippen MR) is 72.1 cm³/mol. The Bertz CT molecular complexity index is 630. The van der Waals surface area contributed by atoms with Crippen LogP contribution in [0.15, 0.2) is 12.4 Å². The van der Waals surface area contributed by atoms with E-state index in [0.29, 0.717) is 5.82 Å². The SMILES string of the molecule is Cc1cc(NC(=O)N[C@H]2CCCn3ncnc32)n(C)n1. The van der Waals surface area contributed by atoms with Crippen molar-refractivity contribution in [2.24, 2.45) is 7.05 Å². The first-order chi connectivity index (χ1) is 9.63. The molecule has 8 heteroatoms. The summed E-state index contributed by atoms with van der Waals surface area (Å²) in [5, 5.41) is 14.0. The molecule has 20 heavy (non-hydrogen) atoms. The van der Waals surface area contributed by atoms with Gasteiger partial charge < -0.3 is 5.32 Å². The second-order valence-corrected chi connectivity index (χ2v) is 4.93. The van der Waals surface area contributed by atoms with Crippen molar-refractivity contribution in [3.05, 3.63) is 23.9 Å². The van der Waals surface area contributed by atoms with Crippen LogP contribution in [0, 0.1) is 6.92 Å². The van der Waals surface area contributed by atoms with E-state index in [4.69, 9.17) is 0 Å². The van der Waals surface area contributed by atoms with Crippen LogP contribution >= 0.6 is 0 Å². The molecular formula is C12H17N7O. The zero-order valence-electron chi connectivity index (χ0n) is 11.5. The molecule has 0 fully saturated rings. The molecule has 2 N–H and O–H groups in total. The van der Waals surface area contributed by atoms with Gasteiger partial charge in [0.15, 0.2) is 0 Å². The van der Waals surface area contributed by atoms with Crippen LogP contribution in [0.5, 0.6) is 0 Å². The number of rotatable bonds is 2. The molecule has 2 aromatic heterocycles. The van der Waals surface area contributed by atoms with E-state index < -0.39 is 0 Å². The molecule has 106 valence electrons. The molecule has 2 aromatic rings. The van der Waals surface area contributed by atoms with E-state index in [1.807, 2.05) is 17.7 Å². The predicted octanol–water partition coefficient (Wildman–Crippen LogP) is 0.977. The molecule has 3 heterocycles. The highest BCUT2D eigenvalue weighted by atomic mass is 16.2. The maximum Gasteiger partial charge on any atom is 0.320 e. The molecule has 0 aliphatic carbocycles. The van der Waals surface area contributed by atoms with E-state index in [1.54, 1.807) is 11.7 Å². The first-order valence-corrected chi connectivity index (χ1v) is 6.59. The van der Waals surface area contributed by atoms with E-state index in [-0.39, 0.29) is 12.1 Å². The van der Waals surface area contributed by atoms with Gasteiger partial charge in [0, 0.05) is 19.7 Å². The fourth-order valence-electron chi connectivity index (χ4n) is 2.46. The first-order valence-electron chi connectivity index (χ1n) is 6.59. The Hall–Kier alpha value is -2.38. The van der Waals surface area contributed by atoms with Gasteiger partial charge in [-0.3, -0.25) is 10.00 Å². The Morgan fingerprint density at radius 3 is 3.10 bits per heavy atom. The molecule has 0 saturated carbocycles. The summed E-state index contributed by atoms with van der Waals surface area (Å²) >= 11 is 0. The molecule has 0 aromatic carbocycles. The number of hydrogen-bond donors (Lipinski definition) is 2. The molecule has 8 nitrogen and oxygen atoms in total. The highest BCUT2D eigenvalue weighted by Gasteiger charge is 2.24. The number of amides is 2. The van der Waals surface area contributed by atoms with E-state index in [1.165, 1.54) is 6.33 Å². The van der Waals surface area contributed by atoms with Crippen LogP contribution in [0.2, 0.25) is 0 Å². The van der Waals surface area contributed by atoms with E-state index in [0.717, 1.165) is 30.9 Å². The molecule has 0 saturated heterocycles. The summed E-state index contributed by atoms with van der Waals surface area (Å²) in [6.07, 6.45) is 3.38. The summed E-state index contributed by atoms with van der Waals surface area (Å²) in [7, 11) is 1.79. The molecule has 1 atom stereocenters. The maximum atomic E-state index is 12.1. The number of aromatic nitrogens is 5. The number of carbonyl (C=O) groups excluding carboxylic acids is 1. The van der Waals surface area contributed by atoms with Crippen molar-refractivity contribution in [1.82, 2.24) is 29.9 Å². The lowest BCUT2D eigenvalue weighted by Crippen LogP contribution is -2.36. The summed E-state index contributed by atoms with van der Waals surface area (Å²) < 4.78 is 3.47. The van der Waals surface area contributed by atoms with Gasteiger partial charge in [-0.05, 0) is 19.8 Å². The number of aryl methyl sites for hydroxylation is 3. The molecule has 2 amide bonds. The standard InChI is InChI=1S/C12H17N7O/c1-8-6-10(18(2)17-8)16-12(20)15-9-4-3-5-19-11(9)13-7-14-19/h6-7,9H,3-5H2,1-2H3,(H2,15,16,20)/t9-/m0/s1. The van der Waals surface area contributed by atoms with Gasteiger partial charge in [-0.25, -0.2) is 14.5 Å². The fourth-order valence-corrected chi connectivity index (χ4v) is 2.46. The van der Waals surface area contributed by atoms with Crippen LogP contribution in [0.1, 0.15) is 30.4 Å². The second kappa shape index (κ2) is 4.95. The largest absolute Gasteiger partial charge is 0.328 e. The minimum absolute atomic E-state index is 0.0967. The van der Waals surface area contributed by atoms with Crippen molar-refractivity contribution in [1.29, 1.82) is 0 Å². The molecule has 0 bridgehead atoms. The Kier molecular flexibility index (Phi) is 3.13. The minimum atomic E-state index is -0.255. The number of hydrogen-bond acceptors (Lipinski definition) is 4. The zero-order chi connectivity index (χ0) is 14.1. The summed E-state index contributed by atoms with van der Waals surface area (Å²) in [5.41, 5.74) is 0.861. The normalized spacial score (nSPS) is 17.6. The van der Waals surface area contributed by atoms with Crippen LogP contribution < -0.4 is 10.6 Å². The molecular weight excluding hydrogens is 258 g/mol. The lowest BCUT2D eigenvalue weighted by molar-refractivity contribution is 0.244. The highest BCUT2D eigenvalue weighted by Crippen LogP contribution is 2.22. The average Bonchev–Trinajstić information content (AvgIpc) is 2.97. The van der Waals surface area contributed by atoms with E-state index in [2.05, 4.69) is 25.8 Å². The van der Waals surface area contributed by atoms with Crippen molar-refractivity contribution in [3.8, 4) is 0 Å².